The van der Waals surface area contributed by atoms with E-state index in [0.29, 0.717) is 0 Å². The molecule has 76 valence electrons. The second-order valence-electron chi connectivity index (χ2n) is 4.25. The number of nitrogens with one attached hydrogen (secondary N) is 1. The highest BCUT2D eigenvalue weighted by Crippen LogP contribution is 2.24. The summed E-state index contributed by atoms with van der Waals surface area (Å²) in [7, 11) is 0. The van der Waals surface area contributed by atoms with E-state index < -0.39 is 0 Å². The van der Waals surface area contributed by atoms with Crippen LogP contribution >= 0.6 is 0 Å². The molecule has 0 aliphatic heterocycles. The molecule has 2 rings (SSSR count). The van der Waals surface area contributed by atoms with Crippen LogP contribution in [0.4, 0.5) is 0 Å². The largest absolute Gasteiger partial charge is 0.310 e. The number of hydrogen-bond donors (Lipinski definition) is 1. The summed E-state index contributed by atoms with van der Waals surface area (Å²) < 4.78 is 0. The molecule has 0 radical (unpaired) electrons. The molecule has 2 atom stereocenters. The highest BCUT2D eigenvalue weighted by atomic mass is 14.9. The van der Waals surface area contributed by atoms with Gasteiger partial charge < -0.3 is 5.32 Å². The van der Waals surface area contributed by atoms with Gasteiger partial charge in [0.05, 0.1) is 0 Å². The summed E-state index contributed by atoms with van der Waals surface area (Å²) in [6.45, 7) is 3.33. The molecule has 1 heterocycles. The van der Waals surface area contributed by atoms with Crippen LogP contribution in [0.3, 0.4) is 0 Å². The van der Waals surface area contributed by atoms with E-state index in [1.54, 1.807) is 0 Å². The van der Waals surface area contributed by atoms with Crippen molar-refractivity contribution < 1.29 is 0 Å². The summed E-state index contributed by atoms with van der Waals surface area (Å²) in [5, 5.41) is 3.62. The van der Waals surface area contributed by atoms with Crippen molar-refractivity contribution in [2.75, 3.05) is 0 Å². The van der Waals surface area contributed by atoms with Gasteiger partial charge in [-0.3, -0.25) is 4.98 Å². The maximum Gasteiger partial charge on any atom is 0.0271 e. The predicted molar refractivity (Wildman–Crippen MR) is 57.9 cm³/mol. The minimum absolute atomic E-state index is 0.725. The molecule has 2 heteroatoms. The summed E-state index contributed by atoms with van der Waals surface area (Å²) in [6.07, 6.45) is 7.82. The zero-order valence-corrected chi connectivity index (χ0v) is 8.74. The number of nitrogens with zero attached hydrogens (tertiary/aromatic N) is 1. The van der Waals surface area contributed by atoms with E-state index in [9.17, 15) is 0 Å². The standard InChI is InChI=1S/C12H18N2/c1-10-3-2-4-12(10)14-9-11-5-7-13-8-6-11/h5-8,10,12,14H,2-4,9H2,1H3. The summed E-state index contributed by atoms with van der Waals surface area (Å²) in [5.41, 5.74) is 1.33. The van der Waals surface area contributed by atoms with E-state index in [0.717, 1.165) is 18.5 Å². The van der Waals surface area contributed by atoms with Gasteiger partial charge in [0.15, 0.2) is 0 Å². The van der Waals surface area contributed by atoms with Gasteiger partial charge in [-0.1, -0.05) is 13.3 Å². The summed E-state index contributed by atoms with van der Waals surface area (Å²) in [4.78, 5) is 4.01. The van der Waals surface area contributed by atoms with Crippen molar-refractivity contribution in [1.29, 1.82) is 0 Å². The van der Waals surface area contributed by atoms with Crippen LogP contribution in [0.1, 0.15) is 31.7 Å². The normalized spacial score (nSPS) is 26.6. The number of hydrogen-bond acceptors (Lipinski definition) is 2. The minimum Gasteiger partial charge on any atom is -0.310 e. The Bertz CT molecular complexity index is 271. The molecule has 1 aliphatic carbocycles. The Kier molecular flexibility index (Phi) is 3.14. The molecule has 1 aliphatic rings. The molecule has 1 N–H and O–H groups in total. The molecule has 0 amide bonds. The van der Waals surface area contributed by atoms with Crippen molar-refractivity contribution in [3.05, 3.63) is 30.1 Å². The molecule has 14 heavy (non-hydrogen) atoms. The fourth-order valence-corrected chi connectivity index (χ4v) is 2.20. The number of pyridine rings is 1. The van der Waals surface area contributed by atoms with Crippen LogP contribution in [-0.4, -0.2) is 11.0 Å². The molecule has 2 nitrogen and oxygen atoms in total. The minimum atomic E-state index is 0.725. The molecular formula is C12H18N2. The highest BCUT2D eigenvalue weighted by Gasteiger charge is 2.22. The number of aromatic nitrogens is 1. The molecule has 0 bridgehead atoms. The van der Waals surface area contributed by atoms with E-state index in [-0.39, 0.29) is 0 Å². The van der Waals surface area contributed by atoms with Gasteiger partial charge in [-0.05, 0) is 36.5 Å². The monoisotopic (exact) mass is 190 g/mol. The SMILES string of the molecule is CC1CCCC1NCc1ccncc1. The van der Waals surface area contributed by atoms with Crippen LogP contribution in [-0.2, 0) is 6.54 Å². The lowest BCUT2D eigenvalue weighted by Crippen LogP contribution is -2.30. The highest BCUT2D eigenvalue weighted by molar-refractivity contribution is 5.09. The first-order valence-electron chi connectivity index (χ1n) is 5.48. The molecule has 2 unspecified atom stereocenters. The quantitative estimate of drug-likeness (QED) is 0.791. The first-order chi connectivity index (χ1) is 6.86. The first kappa shape index (κ1) is 9.66. The van der Waals surface area contributed by atoms with Crippen molar-refractivity contribution >= 4 is 0 Å². The Labute approximate surface area is 85.7 Å². The third-order valence-corrected chi connectivity index (χ3v) is 3.18. The maximum atomic E-state index is 4.01. The summed E-state index contributed by atoms with van der Waals surface area (Å²) in [5.74, 6) is 0.844. The average Bonchev–Trinajstić information content (AvgIpc) is 2.63. The van der Waals surface area contributed by atoms with Crippen molar-refractivity contribution in [2.24, 2.45) is 5.92 Å². The van der Waals surface area contributed by atoms with Crippen LogP contribution in [0.5, 0.6) is 0 Å². The van der Waals surface area contributed by atoms with Crippen molar-refractivity contribution in [3.63, 3.8) is 0 Å². The molecule has 0 spiro atoms. The Morgan fingerprint density at radius 1 is 1.36 bits per heavy atom. The molecular weight excluding hydrogens is 172 g/mol. The smallest absolute Gasteiger partial charge is 0.0271 e. The van der Waals surface area contributed by atoms with E-state index in [4.69, 9.17) is 0 Å². The van der Waals surface area contributed by atoms with E-state index in [2.05, 4.69) is 29.4 Å². The van der Waals surface area contributed by atoms with Crippen LogP contribution in [0, 0.1) is 5.92 Å². The maximum absolute atomic E-state index is 4.01. The van der Waals surface area contributed by atoms with Crippen molar-refractivity contribution in [3.8, 4) is 0 Å². The lowest BCUT2D eigenvalue weighted by molar-refractivity contribution is 0.426. The molecule has 0 saturated heterocycles. The first-order valence-corrected chi connectivity index (χ1v) is 5.48. The third kappa shape index (κ3) is 2.32. The van der Waals surface area contributed by atoms with Crippen LogP contribution < -0.4 is 5.32 Å². The van der Waals surface area contributed by atoms with Gasteiger partial charge in [0.1, 0.15) is 0 Å². The van der Waals surface area contributed by atoms with Gasteiger partial charge in [-0.25, -0.2) is 0 Å². The fraction of sp³-hybridized carbons (Fsp3) is 0.583. The number of rotatable bonds is 3. The van der Waals surface area contributed by atoms with Gasteiger partial charge in [0.25, 0.3) is 0 Å². The zero-order chi connectivity index (χ0) is 9.80. The van der Waals surface area contributed by atoms with Crippen LogP contribution in [0.25, 0.3) is 0 Å². The van der Waals surface area contributed by atoms with E-state index in [1.807, 2.05) is 12.4 Å². The lowest BCUT2D eigenvalue weighted by Gasteiger charge is -2.16. The van der Waals surface area contributed by atoms with Gasteiger partial charge in [0.2, 0.25) is 0 Å². The Morgan fingerprint density at radius 3 is 2.79 bits per heavy atom. The second kappa shape index (κ2) is 4.56. The Hall–Kier alpha value is -0.890. The third-order valence-electron chi connectivity index (χ3n) is 3.18. The van der Waals surface area contributed by atoms with E-state index >= 15 is 0 Å². The molecule has 0 aromatic carbocycles. The van der Waals surface area contributed by atoms with Gasteiger partial charge in [-0.15, -0.1) is 0 Å². The summed E-state index contributed by atoms with van der Waals surface area (Å²) >= 11 is 0. The lowest BCUT2D eigenvalue weighted by atomic mass is 10.1. The Balaban J connectivity index is 1.82. The van der Waals surface area contributed by atoms with Crippen molar-refractivity contribution in [1.82, 2.24) is 10.3 Å². The van der Waals surface area contributed by atoms with Crippen LogP contribution in [0.2, 0.25) is 0 Å². The van der Waals surface area contributed by atoms with E-state index in [1.165, 1.54) is 24.8 Å². The Morgan fingerprint density at radius 2 is 2.14 bits per heavy atom. The topological polar surface area (TPSA) is 24.9 Å². The molecule has 1 aromatic heterocycles. The van der Waals surface area contributed by atoms with Gasteiger partial charge >= 0.3 is 0 Å². The summed E-state index contributed by atoms with van der Waals surface area (Å²) in [6, 6.07) is 4.88. The van der Waals surface area contributed by atoms with Gasteiger partial charge in [-0.2, -0.15) is 0 Å². The zero-order valence-electron chi connectivity index (χ0n) is 8.74. The van der Waals surface area contributed by atoms with Crippen LogP contribution in [0.15, 0.2) is 24.5 Å². The predicted octanol–water partition coefficient (Wildman–Crippen LogP) is 2.36. The molecule has 1 saturated carbocycles. The van der Waals surface area contributed by atoms with Crippen molar-refractivity contribution in [2.45, 2.75) is 38.8 Å². The molecule has 1 fully saturated rings. The average molecular weight is 190 g/mol. The van der Waals surface area contributed by atoms with Gasteiger partial charge in [0, 0.05) is 25.0 Å². The molecule has 1 aromatic rings. The fourth-order valence-electron chi connectivity index (χ4n) is 2.20. The second-order valence-corrected chi connectivity index (χ2v) is 4.25.